The lowest BCUT2D eigenvalue weighted by molar-refractivity contribution is 1.05. The zero-order valence-electron chi connectivity index (χ0n) is 11.1. The van der Waals surface area contributed by atoms with E-state index in [1.165, 1.54) is 4.70 Å². The van der Waals surface area contributed by atoms with Crippen molar-refractivity contribution in [2.45, 2.75) is 0 Å². The number of nitrogens with two attached hydrogens (primary N) is 1. The summed E-state index contributed by atoms with van der Waals surface area (Å²) in [6.07, 6.45) is 3.72. The van der Waals surface area contributed by atoms with Crippen molar-refractivity contribution < 1.29 is 0 Å². The number of nitrogens with zero attached hydrogens (tertiary/aromatic N) is 3. The molecule has 21 heavy (non-hydrogen) atoms. The van der Waals surface area contributed by atoms with Gasteiger partial charge in [0.1, 0.15) is 5.82 Å². The van der Waals surface area contributed by atoms with Crippen LogP contribution in [-0.2, 0) is 0 Å². The van der Waals surface area contributed by atoms with Crippen LogP contribution in [0.3, 0.4) is 0 Å². The van der Waals surface area contributed by atoms with E-state index in [2.05, 4.69) is 16.0 Å². The van der Waals surface area contributed by atoms with Crippen LogP contribution in [0.4, 0.5) is 5.69 Å². The number of aromatic nitrogens is 3. The Morgan fingerprint density at radius 2 is 1.81 bits per heavy atom. The molecule has 0 atom stereocenters. The van der Waals surface area contributed by atoms with Gasteiger partial charge in [-0.2, -0.15) is 0 Å². The van der Waals surface area contributed by atoms with E-state index in [4.69, 9.17) is 5.73 Å². The van der Waals surface area contributed by atoms with Crippen LogP contribution < -0.4 is 5.73 Å². The number of benzene rings is 2. The minimum Gasteiger partial charge on any atom is -0.399 e. The van der Waals surface area contributed by atoms with Gasteiger partial charge in [0.15, 0.2) is 5.13 Å². The van der Waals surface area contributed by atoms with Crippen molar-refractivity contribution in [3.63, 3.8) is 0 Å². The predicted molar refractivity (Wildman–Crippen MR) is 86.6 cm³/mol. The SMILES string of the molecule is Nc1ccc(-c2nccn2-c2nc3ccccc3s2)cc1. The summed E-state index contributed by atoms with van der Waals surface area (Å²) in [4.78, 5) is 9.13. The Kier molecular flexibility index (Phi) is 2.72. The van der Waals surface area contributed by atoms with Gasteiger partial charge in [0.05, 0.1) is 10.2 Å². The van der Waals surface area contributed by atoms with Gasteiger partial charge in [-0.1, -0.05) is 23.5 Å². The fourth-order valence-corrected chi connectivity index (χ4v) is 3.22. The second kappa shape index (κ2) is 4.71. The molecule has 0 saturated carbocycles. The average Bonchev–Trinajstić information content (AvgIpc) is 3.14. The molecule has 0 aliphatic rings. The van der Waals surface area contributed by atoms with E-state index in [1.54, 1.807) is 17.5 Å². The van der Waals surface area contributed by atoms with E-state index in [0.717, 1.165) is 27.7 Å². The molecule has 0 bridgehead atoms. The molecular weight excluding hydrogens is 280 g/mol. The van der Waals surface area contributed by atoms with Crippen molar-refractivity contribution >= 4 is 27.2 Å². The van der Waals surface area contributed by atoms with Gasteiger partial charge < -0.3 is 5.73 Å². The van der Waals surface area contributed by atoms with Gasteiger partial charge in [-0.15, -0.1) is 0 Å². The lowest BCUT2D eigenvalue weighted by atomic mass is 10.2. The van der Waals surface area contributed by atoms with Crippen molar-refractivity contribution in [1.82, 2.24) is 14.5 Å². The first kappa shape index (κ1) is 12.1. The third kappa shape index (κ3) is 2.08. The van der Waals surface area contributed by atoms with Gasteiger partial charge in [-0.3, -0.25) is 4.57 Å². The summed E-state index contributed by atoms with van der Waals surface area (Å²) in [5.74, 6) is 0.869. The number of hydrogen-bond donors (Lipinski definition) is 1. The summed E-state index contributed by atoms with van der Waals surface area (Å²) in [7, 11) is 0. The molecule has 5 heteroatoms. The maximum atomic E-state index is 5.74. The largest absolute Gasteiger partial charge is 0.399 e. The lowest BCUT2D eigenvalue weighted by Gasteiger charge is -2.04. The van der Waals surface area contributed by atoms with Crippen molar-refractivity contribution in [3.8, 4) is 16.5 Å². The molecular formula is C16H12N4S. The van der Waals surface area contributed by atoms with Gasteiger partial charge in [0, 0.05) is 23.6 Å². The van der Waals surface area contributed by atoms with E-state index in [0.29, 0.717) is 0 Å². The second-order valence-corrected chi connectivity index (χ2v) is 5.72. The monoisotopic (exact) mass is 292 g/mol. The van der Waals surface area contributed by atoms with Crippen LogP contribution in [0.1, 0.15) is 0 Å². The predicted octanol–water partition coefficient (Wildman–Crippen LogP) is 3.73. The van der Waals surface area contributed by atoms with Crippen molar-refractivity contribution in [2.75, 3.05) is 5.73 Å². The quantitative estimate of drug-likeness (QED) is 0.573. The third-order valence-corrected chi connectivity index (χ3v) is 4.33. The highest BCUT2D eigenvalue weighted by molar-refractivity contribution is 7.20. The number of imidazole rings is 1. The summed E-state index contributed by atoms with van der Waals surface area (Å²) in [5.41, 5.74) is 8.52. The molecule has 0 spiro atoms. The number of nitrogen functional groups attached to an aromatic ring is 1. The van der Waals surface area contributed by atoms with E-state index < -0.39 is 0 Å². The van der Waals surface area contributed by atoms with Crippen LogP contribution in [0.2, 0.25) is 0 Å². The number of rotatable bonds is 2. The molecule has 0 unspecified atom stereocenters. The maximum absolute atomic E-state index is 5.74. The van der Waals surface area contributed by atoms with E-state index >= 15 is 0 Å². The number of hydrogen-bond acceptors (Lipinski definition) is 4. The molecule has 0 radical (unpaired) electrons. The molecule has 2 N–H and O–H groups in total. The van der Waals surface area contributed by atoms with Crippen LogP contribution in [0, 0.1) is 0 Å². The van der Waals surface area contributed by atoms with Crippen LogP contribution in [0.5, 0.6) is 0 Å². The Morgan fingerprint density at radius 3 is 2.62 bits per heavy atom. The molecule has 2 aromatic heterocycles. The van der Waals surface area contributed by atoms with Crippen LogP contribution in [0.25, 0.3) is 26.7 Å². The summed E-state index contributed by atoms with van der Waals surface area (Å²) in [5, 5.41) is 0.917. The van der Waals surface area contributed by atoms with E-state index in [9.17, 15) is 0 Å². The zero-order chi connectivity index (χ0) is 14.2. The minimum atomic E-state index is 0.747. The molecule has 4 aromatic rings. The first-order valence-corrected chi connectivity index (χ1v) is 7.38. The molecule has 0 saturated heterocycles. The summed E-state index contributed by atoms with van der Waals surface area (Å²) < 4.78 is 3.18. The Bertz CT molecular complexity index is 872. The van der Waals surface area contributed by atoms with Crippen molar-refractivity contribution in [2.24, 2.45) is 0 Å². The summed E-state index contributed by atoms with van der Waals surface area (Å²) in [6, 6.07) is 15.8. The minimum absolute atomic E-state index is 0.747. The Morgan fingerprint density at radius 1 is 1.00 bits per heavy atom. The fourth-order valence-electron chi connectivity index (χ4n) is 2.27. The molecule has 0 aliphatic heterocycles. The van der Waals surface area contributed by atoms with Gasteiger partial charge in [-0.05, 0) is 36.4 Å². The topological polar surface area (TPSA) is 56.7 Å². The first-order valence-electron chi connectivity index (χ1n) is 6.56. The summed E-state index contributed by atoms with van der Waals surface area (Å²) >= 11 is 1.65. The number of para-hydroxylation sites is 1. The van der Waals surface area contributed by atoms with E-state index in [1.807, 2.05) is 53.2 Å². The summed E-state index contributed by atoms with van der Waals surface area (Å²) in [6.45, 7) is 0. The normalized spacial score (nSPS) is 11.0. The third-order valence-electron chi connectivity index (χ3n) is 3.30. The smallest absolute Gasteiger partial charge is 0.196 e. The molecule has 102 valence electrons. The number of anilines is 1. The highest BCUT2D eigenvalue weighted by Gasteiger charge is 2.11. The average molecular weight is 292 g/mol. The van der Waals surface area contributed by atoms with Crippen molar-refractivity contribution in [1.29, 1.82) is 0 Å². The molecule has 2 heterocycles. The standard InChI is InChI=1S/C16H12N4S/c17-12-7-5-11(6-8-12)15-18-9-10-20(15)16-19-13-3-1-2-4-14(13)21-16/h1-10H,17H2. The highest BCUT2D eigenvalue weighted by atomic mass is 32.1. The molecule has 4 nitrogen and oxygen atoms in total. The lowest BCUT2D eigenvalue weighted by Crippen LogP contribution is -1.95. The molecule has 0 amide bonds. The van der Waals surface area contributed by atoms with Gasteiger partial charge in [0.2, 0.25) is 0 Å². The van der Waals surface area contributed by atoms with E-state index in [-0.39, 0.29) is 0 Å². The number of thiazole rings is 1. The van der Waals surface area contributed by atoms with Gasteiger partial charge in [-0.25, -0.2) is 9.97 Å². The molecule has 4 rings (SSSR count). The molecule has 0 aliphatic carbocycles. The highest BCUT2D eigenvalue weighted by Crippen LogP contribution is 2.28. The van der Waals surface area contributed by atoms with Crippen LogP contribution >= 0.6 is 11.3 Å². The van der Waals surface area contributed by atoms with Crippen molar-refractivity contribution in [3.05, 3.63) is 60.9 Å². The fraction of sp³-hybridized carbons (Fsp3) is 0. The molecule has 2 aromatic carbocycles. The number of fused-ring (bicyclic) bond motifs is 1. The van der Waals surface area contributed by atoms with Gasteiger partial charge >= 0.3 is 0 Å². The zero-order valence-corrected chi connectivity index (χ0v) is 11.9. The van der Waals surface area contributed by atoms with Gasteiger partial charge in [0.25, 0.3) is 0 Å². The Labute approximate surface area is 125 Å². The second-order valence-electron chi connectivity index (χ2n) is 4.71. The Hall–Kier alpha value is -2.66. The maximum Gasteiger partial charge on any atom is 0.196 e. The first-order chi connectivity index (χ1) is 10.3. The van der Waals surface area contributed by atoms with Crippen LogP contribution in [-0.4, -0.2) is 14.5 Å². The Balaban J connectivity index is 1.86. The molecule has 0 fully saturated rings. The van der Waals surface area contributed by atoms with Crippen LogP contribution in [0.15, 0.2) is 60.9 Å².